The van der Waals surface area contributed by atoms with E-state index in [4.69, 9.17) is 0 Å². The van der Waals surface area contributed by atoms with Crippen LogP contribution in [0.25, 0.3) is 0 Å². The van der Waals surface area contributed by atoms with E-state index in [1.165, 1.54) is 0 Å². The number of hydrogen-bond donors (Lipinski definition) is 0. The van der Waals surface area contributed by atoms with Crippen LogP contribution < -0.4 is 0 Å². The zero-order valence-electron chi connectivity index (χ0n) is 10.00. The second kappa shape index (κ2) is 3.26. The Kier molecular flexibility index (Phi) is 2.69. The summed E-state index contributed by atoms with van der Waals surface area (Å²) in [6.45, 7) is 9.67. The molecule has 0 saturated heterocycles. The summed E-state index contributed by atoms with van der Waals surface area (Å²) < 4.78 is 14.0. The van der Waals surface area contributed by atoms with E-state index < -0.39 is 11.1 Å². The van der Waals surface area contributed by atoms with Crippen molar-refractivity contribution in [2.45, 2.75) is 59.5 Å². The van der Waals surface area contributed by atoms with E-state index in [1.807, 2.05) is 20.8 Å². The van der Waals surface area contributed by atoms with Gasteiger partial charge in [-0.05, 0) is 20.3 Å². The fourth-order valence-corrected chi connectivity index (χ4v) is 2.06. The summed E-state index contributed by atoms with van der Waals surface area (Å²) in [5.41, 5.74) is -1.85. The molecule has 1 saturated carbocycles. The lowest BCUT2D eigenvalue weighted by Gasteiger charge is -2.02. The van der Waals surface area contributed by atoms with Gasteiger partial charge in [0.2, 0.25) is 0 Å². The molecule has 14 heavy (non-hydrogen) atoms. The predicted octanol–water partition coefficient (Wildman–Crippen LogP) is 3.95. The van der Waals surface area contributed by atoms with E-state index in [1.54, 1.807) is 6.92 Å². The summed E-state index contributed by atoms with van der Waals surface area (Å²) in [4.78, 5) is 0. The molecule has 1 aliphatic carbocycles. The fourth-order valence-electron chi connectivity index (χ4n) is 2.06. The quantitative estimate of drug-likeness (QED) is 0.463. The first-order chi connectivity index (χ1) is 6.31. The van der Waals surface area contributed by atoms with Crippen LogP contribution in [0.4, 0.5) is 4.39 Å². The zero-order chi connectivity index (χ0) is 11.0. The van der Waals surface area contributed by atoms with Crippen LogP contribution in [-0.2, 0) is 0 Å². The Morgan fingerprint density at radius 2 is 1.64 bits per heavy atom. The van der Waals surface area contributed by atoms with Gasteiger partial charge in [-0.2, -0.15) is 0 Å². The third-order valence-corrected chi connectivity index (χ3v) is 4.29. The highest BCUT2D eigenvalue weighted by Crippen LogP contribution is 2.73. The third-order valence-electron chi connectivity index (χ3n) is 4.29. The molecule has 0 N–H and O–H groups in total. The minimum atomic E-state index is -1.13. The molecule has 0 heterocycles. The van der Waals surface area contributed by atoms with Crippen molar-refractivity contribution in [1.82, 2.24) is 0 Å². The fraction of sp³-hybridized carbons (Fsp3) is 0.846. The largest absolute Gasteiger partial charge is 0.242 e. The van der Waals surface area contributed by atoms with Crippen molar-refractivity contribution in [2.75, 3.05) is 0 Å². The highest BCUT2D eigenvalue weighted by atomic mass is 19.1. The molecule has 0 amide bonds. The van der Waals surface area contributed by atoms with Crippen LogP contribution in [0.2, 0.25) is 0 Å². The van der Waals surface area contributed by atoms with Gasteiger partial charge in [-0.25, -0.2) is 4.39 Å². The average Bonchev–Trinajstić information content (AvgIpc) is 2.39. The Labute approximate surface area is 87.3 Å². The van der Waals surface area contributed by atoms with Gasteiger partial charge in [0.1, 0.15) is 5.67 Å². The van der Waals surface area contributed by atoms with Gasteiger partial charge in [0.15, 0.2) is 0 Å². The molecule has 1 fully saturated rings. The molecule has 0 aromatic rings. The molecule has 0 nitrogen and oxygen atoms in total. The Morgan fingerprint density at radius 3 is 2.00 bits per heavy atom. The molecule has 2 atom stereocenters. The van der Waals surface area contributed by atoms with Crippen molar-refractivity contribution in [3.8, 4) is 11.8 Å². The van der Waals surface area contributed by atoms with E-state index in [0.29, 0.717) is 0 Å². The molecule has 80 valence electrons. The van der Waals surface area contributed by atoms with Gasteiger partial charge in [0.25, 0.3) is 0 Å². The molecular formula is C13H21F. The van der Waals surface area contributed by atoms with Crippen LogP contribution in [0, 0.1) is 22.7 Å². The topological polar surface area (TPSA) is 0 Å². The highest BCUT2D eigenvalue weighted by Gasteiger charge is 2.78. The van der Waals surface area contributed by atoms with Crippen LogP contribution in [0.3, 0.4) is 0 Å². The van der Waals surface area contributed by atoms with E-state index >= 15 is 0 Å². The molecule has 0 radical (unpaired) electrons. The van der Waals surface area contributed by atoms with Gasteiger partial charge in [-0.1, -0.05) is 33.1 Å². The van der Waals surface area contributed by atoms with Crippen molar-refractivity contribution in [2.24, 2.45) is 10.8 Å². The van der Waals surface area contributed by atoms with Crippen molar-refractivity contribution in [3.05, 3.63) is 0 Å². The molecule has 1 rings (SSSR count). The van der Waals surface area contributed by atoms with E-state index in [0.717, 1.165) is 19.3 Å². The number of unbranched alkanes of at least 4 members (excludes halogenated alkanes) is 2. The monoisotopic (exact) mass is 196 g/mol. The second-order valence-corrected chi connectivity index (χ2v) is 5.16. The van der Waals surface area contributed by atoms with Crippen LogP contribution in [0.1, 0.15) is 53.9 Å². The van der Waals surface area contributed by atoms with Gasteiger partial charge in [0, 0.05) is 11.8 Å². The molecule has 0 bridgehead atoms. The number of rotatable bonds is 2. The van der Waals surface area contributed by atoms with Crippen molar-refractivity contribution >= 4 is 0 Å². The summed E-state index contributed by atoms with van der Waals surface area (Å²) >= 11 is 0. The lowest BCUT2D eigenvalue weighted by Crippen LogP contribution is -2.04. The Balaban J connectivity index is 2.66. The van der Waals surface area contributed by atoms with E-state index in [2.05, 4.69) is 18.8 Å². The number of halogens is 1. The maximum absolute atomic E-state index is 14.0. The number of hydrogen-bond acceptors (Lipinski definition) is 0. The summed E-state index contributed by atoms with van der Waals surface area (Å²) in [6.07, 6.45) is 3.17. The SMILES string of the molecule is CCCCC#CC1(C)C(C)(C)C1(C)F. The Morgan fingerprint density at radius 1 is 1.14 bits per heavy atom. The van der Waals surface area contributed by atoms with E-state index in [-0.39, 0.29) is 5.41 Å². The average molecular weight is 196 g/mol. The second-order valence-electron chi connectivity index (χ2n) is 5.16. The van der Waals surface area contributed by atoms with Crippen LogP contribution in [0.5, 0.6) is 0 Å². The molecule has 1 heteroatoms. The van der Waals surface area contributed by atoms with Crippen LogP contribution in [0.15, 0.2) is 0 Å². The maximum Gasteiger partial charge on any atom is 0.131 e. The predicted molar refractivity (Wildman–Crippen MR) is 58.7 cm³/mol. The van der Waals surface area contributed by atoms with Crippen LogP contribution >= 0.6 is 0 Å². The van der Waals surface area contributed by atoms with Gasteiger partial charge in [0.05, 0.1) is 5.41 Å². The van der Waals surface area contributed by atoms with Gasteiger partial charge in [-0.15, -0.1) is 5.92 Å². The zero-order valence-corrected chi connectivity index (χ0v) is 10.00. The number of alkyl halides is 1. The first-order valence-corrected chi connectivity index (χ1v) is 5.50. The smallest absolute Gasteiger partial charge is 0.131 e. The molecule has 0 aromatic carbocycles. The minimum absolute atomic E-state index is 0.292. The van der Waals surface area contributed by atoms with Gasteiger partial charge < -0.3 is 0 Å². The highest BCUT2D eigenvalue weighted by molar-refractivity contribution is 5.38. The normalized spacial score (nSPS) is 38.7. The summed E-state index contributed by atoms with van der Waals surface area (Å²) in [5, 5.41) is 0. The van der Waals surface area contributed by atoms with Crippen molar-refractivity contribution in [1.29, 1.82) is 0 Å². The van der Waals surface area contributed by atoms with Crippen molar-refractivity contribution in [3.63, 3.8) is 0 Å². The molecule has 1 aliphatic rings. The standard InChI is InChI=1S/C13H21F/c1-6-7-8-9-10-12(4)11(2,3)13(12,5)14/h6-8H2,1-5H3. The minimum Gasteiger partial charge on any atom is -0.242 e. The van der Waals surface area contributed by atoms with Gasteiger partial charge in [-0.3, -0.25) is 0 Å². The van der Waals surface area contributed by atoms with Crippen LogP contribution in [-0.4, -0.2) is 5.67 Å². The molecular weight excluding hydrogens is 175 g/mol. The maximum atomic E-state index is 14.0. The summed E-state index contributed by atoms with van der Waals surface area (Å²) in [6, 6.07) is 0. The van der Waals surface area contributed by atoms with Crippen molar-refractivity contribution < 1.29 is 4.39 Å². The Bertz CT molecular complexity index is 261. The molecule has 0 spiro atoms. The van der Waals surface area contributed by atoms with E-state index in [9.17, 15) is 4.39 Å². The molecule has 0 aromatic heterocycles. The Hall–Kier alpha value is -0.510. The lowest BCUT2D eigenvalue weighted by atomic mass is 9.99. The summed E-state index contributed by atoms with van der Waals surface area (Å²) in [5.74, 6) is 6.23. The summed E-state index contributed by atoms with van der Waals surface area (Å²) in [7, 11) is 0. The lowest BCUT2D eigenvalue weighted by molar-refractivity contribution is 0.259. The third kappa shape index (κ3) is 1.28. The molecule has 0 aliphatic heterocycles. The first-order valence-electron chi connectivity index (χ1n) is 5.50. The van der Waals surface area contributed by atoms with Gasteiger partial charge >= 0.3 is 0 Å². The first kappa shape index (κ1) is 11.6. The molecule has 2 unspecified atom stereocenters.